The fraction of sp³-hybridized carbons (Fsp3) is 0.385. The van der Waals surface area contributed by atoms with Gasteiger partial charge in [0.25, 0.3) is 0 Å². The highest BCUT2D eigenvalue weighted by molar-refractivity contribution is 5.84. The number of fused-ring (bicyclic) bond motifs is 2. The summed E-state index contributed by atoms with van der Waals surface area (Å²) in [7, 11) is 1.97. The molecule has 4 N–H and O–H groups in total. The molecule has 8 rings (SSSR count). The highest BCUT2D eigenvalue weighted by Gasteiger charge is 2.46. The second-order valence-electron chi connectivity index (χ2n) is 14.1. The lowest BCUT2D eigenvalue weighted by atomic mass is 9.73. The van der Waals surface area contributed by atoms with Crippen molar-refractivity contribution in [2.24, 2.45) is 17.6 Å². The molecule has 0 radical (unpaired) electrons. The number of carbonyl (C=O) groups is 1. The van der Waals surface area contributed by atoms with Gasteiger partial charge in [-0.1, -0.05) is 36.8 Å². The van der Waals surface area contributed by atoms with Crippen LogP contribution < -0.4 is 11.5 Å². The SMILES string of the molecule is CC(=O)N(C)C1CCCC(c2cccc(-c3ccc4nc(-c5cccnc5N)n(-c5ccc(C6(N)CCC6)cc5)c4n3)c2)C2C[C@@H]2C1. The molecule has 3 aliphatic carbocycles. The van der Waals surface area contributed by atoms with Crippen LogP contribution >= 0.6 is 0 Å². The molecule has 3 saturated carbocycles. The lowest BCUT2D eigenvalue weighted by Gasteiger charge is -2.38. The second-order valence-corrected chi connectivity index (χ2v) is 14.1. The molecule has 3 unspecified atom stereocenters. The normalized spacial score (nSPS) is 23.3. The first-order chi connectivity index (χ1) is 22.8. The van der Waals surface area contributed by atoms with Crippen LogP contribution in [0.2, 0.25) is 0 Å². The van der Waals surface area contributed by atoms with Crippen molar-refractivity contribution in [3.8, 4) is 28.3 Å². The van der Waals surface area contributed by atoms with Gasteiger partial charge >= 0.3 is 0 Å². The summed E-state index contributed by atoms with van der Waals surface area (Å²) in [6.07, 6.45) is 10.6. The number of hydrogen-bond acceptors (Lipinski definition) is 6. The molecule has 0 spiro atoms. The fourth-order valence-corrected chi connectivity index (χ4v) is 8.18. The average molecular weight is 626 g/mol. The molecular weight excluding hydrogens is 582 g/mol. The van der Waals surface area contributed by atoms with Crippen LogP contribution in [-0.4, -0.2) is 43.4 Å². The Morgan fingerprint density at radius 2 is 1.79 bits per heavy atom. The Balaban J connectivity index is 1.15. The van der Waals surface area contributed by atoms with Gasteiger partial charge in [-0.05, 0) is 116 Å². The Kier molecular flexibility index (Phi) is 7.36. The maximum absolute atomic E-state index is 12.1. The van der Waals surface area contributed by atoms with E-state index in [0.717, 1.165) is 72.2 Å². The van der Waals surface area contributed by atoms with Gasteiger partial charge in [0.05, 0.1) is 11.3 Å². The molecule has 0 aliphatic heterocycles. The number of hydrogen-bond donors (Lipinski definition) is 2. The molecule has 1 amide bonds. The molecule has 240 valence electrons. The number of aromatic nitrogens is 4. The van der Waals surface area contributed by atoms with E-state index in [1.165, 1.54) is 24.0 Å². The van der Waals surface area contributed by atoms with Crippen LogP contribution in [0.3, 0.4) is 0 Å². The van der Waals surface area contributed by atoms with Gasteiger partial charge in [0, 0.05) is 43.0 Å². The van der Waals surface area contributed by atoms with E-state index in [1.54, 1.807) is 13.1 Å². The first-order valence-corrected chi connectivity index (χ1v) is 17.1. The number of nitrogens with zero attached hydrogens (tertiary/aromatic N) is 5. The van der Waals surface area contributed by atoms with Crippen molar-refractivity contribution in [2.45, 2.75) is 75.8 Å². The Morgan fingerprint density at radius 3 is 2.53 bits per heavy atom. The number of amides is 1. The summed E-state index contributed by atoms with van der Waals surface area (Å²) in [5.74, 6) is 3.24. The summed E-state index contributed by atoms with van der Waals surface area (Å²) in [4.78, 5) is 28.7. The molecule has 3 heterocycles. The molecule has 0 bridgehead atoms. The summed E-state index contributed by atoms with van der Waals surface area (Å²) in [5, 5.41) is 0. The van der Waals surface area contributed by atoms with Crippen LogP contribution in [0.15, 0.2) is 79.0 Å². The molecule has 2 aromatic carbocycles. The van der Waals surface area contributed by atoms with Gasteiger partial charge in [-0.2, -0.15) is 0 Å². The topological polar surface area (TPSA) is 116 Å². The molecule has 47 heavy (non-hydrogen) atoms. The van der Waals surface area contributed by atoms with E-state index in [9.17, 15) is 4.79 Å². The van der Waals surface area contributed by atoms with Crippen molar-refractivity contribution in [3.63, 3.8) is 0 Å². The van der Waals surface area contributed by atoms with Gasteiger partial charge in [0.1, 0.15) is 11.3 Å². The maximum atomic E-state index is 12.1. The molecule has 3 aliphatic rings. The summed E-state index contributed by atoms with van der Waals surface area (Å²) in [5.41, 5.74) is 20.7. The van der Waals surface area contributed by atoms with Crippen LogP contribution in [-0.2, 0) is 10.3 Å². The van der Waals surface area contributed by atoms with E-state index in [0.29, 0.717) is 35.4 Å². The van der Waals surface area contributed by atoms with Gasteiger partial charge < -0.3 is 16.4 Å². The van der Waals surface area contributed by atoms with Crippen molar-refractivity contribution in [1.29, 1.82) is 0 Å². The zero-order valence-corrected chi connectivity index (χ0v) is 27.3. The van der Waals surface area contributed by atoms with E-state index in [4.69, 9.17) is 21.4 Å². The molecule has 4 atom stereocenters. The number of rotatable bonds is 6. The minimum absolute atomic E-state index is 0.175. The number of pyridine rings is 2. The zero-order chi connectivity index (χ0) is 32.3. The second kappa shape index (κ2) is 11.6. The number of imidazole rings is 1. The lowest BCUT2D eigenvalue weighted by Crippen LogP contribution is -2.43. The van der Waals surface area contributed by atoms with Crippen LogP contribution in [0, 0.1) is 11.8 Å². The lowest BCUT2D eigenvalue weighted by molar-refractivity contribution is -0.130. The number of nitrogens with two attached hydrogens (primary N) is 2. The minimum atomic E-state index is -0.230. The smallest absolute Gasteiger partial charge is 0.219 e. The molecule has 8 nitrogen and oxygen atoms in total. The maximum Gasteiger partial charge on any atom is 0.219 e. The molecule has 3 aromatic heterocycles. The van der Waals surface area contributed by atoms with E-state index >= 15 is 0 Å². The fourth-order valence-electron chi connectivity index (χ4n) is 8.18. The highest BCUT2D eigenvalue weighted by atomic mass is 16.2. The monoisotopic (exact) mass is 625 g/mol. The van der Waals surface area contributed by atoms with Gasteiger partial charge in [0.2, 0.25) is 5.91 Å². The predicted octanol–water partition coefficient (Wildman–Crippen LogP) is 7.21. The molecule has 5 aromatic rings. The van der Waals surface area contributed by atoms with Crippen molar-refractivity contribution in [2.75, 3.05) is 12.8 Å². The van der Waals surface area contributed by atoms with Crippen molar-refractivity contribution in [3.05, 3.63) is 90.1 Å². The first-order valence-electron chi connectivity index (χ1n) is 17.1. The quantitative estimate of drug-likeness (QED) is 0.206. The minimum Gasteiger partial charge on any atom is -0.383 e. The van der Waals surface area contributed by atoms with Crippen molar-refractivity contribution in [1.82, 2.24) is 24.4 Å². The third kappa shape index (κ3) is 5.38. The third-order valence-electron chi connectivity index (χ3n) is 11.3. The average Bonchev–Trinajstić information content (AvgIpc) is 3.70. The van der Waals surface area contributed by atoms with Gasteiger partial charge in [-0.3, -0.25) is 9.36 Å². The predicted molar refractivity (Wildman–Crippen MR) is 187 cm³/mol. The van der Waals surface area contributed by atoms with Gasteiger partial charge in [0.15, 0.2) is 11.5 Å². The van der Waals surface area contributed by atoms with E-state index in [2.05, 4.69) is 70.2 Å². The highest BCUT2D eigenvalue weighted by Crippen LogP contribution is 2.55. The Labute approximate surface area is 276 Å². The van der Waals surface area contributed by atoms with Crippen LogP contribution in [0.4, 0.5) is 5.82 Å². The van der Waals surface area contributed by atoms with Crippen LogP contribution in [0.5, 0.6) is 0 Å². The number of carbonyl (C=O) groups excluding carboxylic acids is 1. The van der Waals surface area contributed by atoms with E-state index in [1.807, 2.05) is 24.1 Å². The standard InChI is InChI=1S/C39H43N7O/c1-24(47)45(2)30-9-4-10-31(33-23-27(33)22-30)25-7-3-8-26(21-25)34-16-17-35-38(43-34)46(37(44-35)32-11-5-20-42-36(32)40)29-14-12-28(13-15-29)39(41)18-6-19-39/h3,5,7-8,11-17,20-21,27,30-31,33H,4,6,9-10,18-19,22-23,41H2,1-2H3,(H2,40,42)/t27-,30?,31?,33?/m0/s1. The van der Waals surface area contributed by atoms with Gasteiger partial charge in [-0.25, -0.2) is 15.0 Å². The molecule has 3 fully saturated rings. The zero-order valence-electron chi connectivity index (χ0n) is 27.3. The summed E-state index contributed by atoms with van der Waals surface area (Å²) < 4.78 is 2.10. The largest absolute Gasteiger partial charge is 0.383 e. The molecule has 8 heteroatoms. The number of nitrogen functional groups attached to an aromatic ring is 1. The first kappa shape index (κ1) is 29.8. The Hall–Kier alpha value is -4.56. The summed E-state index contributed by atoms with van der Waals surface area (Å²) >= 11 is 0. The van der Waals surface area contributed by atoms with Crippen molar-refractivity contribution < 1.29 is 4.79 Å². The van der Waals surface area contributed by atoms with Crippen LogP contribution in [0.1, 0.15) is 75.3 Å². The van der Waals surface area contributed by atoms with Crippen molar-refractivity contribution >= 4 is 22.9 Å². The number of benzene rings is 2. The summed E-state index contributed by atoms with van der Waals surface area (Å²) in [6.45, 7) is 1.69. The van der Waals surface area contributed by atoms with Crippen LogP contribution in [0.25, 0.3) is 39.5 Å². The molecule has 0 saturated heterocycles. The molecular formula is C39H43N7O. The Morgan fingerprint density at radius 1 is 0.957 bits per heavy atom. The number of anilines is 1. The van der Waals surface area contributed by atoms with E-state index < -0.39 is 0 Å². The van der Waals surface area contributed by atoms with E-state index in [-0.39, 0.29) is 11.4 Å². The summed E-state index contributed by atoms with van der Waals surface area (Å²) in [6, 6.07) is 25.9. The van der Waals surface area contributed by atoms with Gasteiger partial charge in [-0.15, -0.1) is 0 Å². The third-order valence-corrected chi connectivity index (χ3v) is 11.3. The Bertz CT molecular complexity index is 1960.